The molecular weight excluding hydrogens is 414 g/mol. The molecule has 2 aromatic carbocycles. The van der Waals surface area contributed by atoms with Crippen molar-refractivity contribution in [2.45, 2.75) is 19.4 Å². The first-order chi connectivity index (χ1) is 14.5. The molecular formula is C20H16F2N4O3S. The monoisotopic (exact) mass is 430 g/mol. The van der Waals surface area contributed by atoms with Crippen LogP contribution in [0.2, 0.25) is 0 Å². The number of hydrogen-bond acceptors (Lipinski definition) is 7. The Labute approximate surface area is 174 Å². The second kappa shape index (κ2) is 8.15. The minimum absolute atomic E-state index is 0.0493. The zero-order chi connectivity index (χ0) is 21.3. The summed E-state index contributed by atoms with van der Waals surface area (Å²) in [7, 11) is 0. The number of hydrazone groups is 1. The first-order valence-corrected chi connectivity index (χ1v) is 9.93. The number of benzene rings is 2. The summed E-state index contributed by atoms with van der Waals surface area (Å²) in [6.45, 7) is 1.88. The Morgan fingerprint density at radius 3 is 2.70 bits per heavy atom. The Kier molecular flexibility index (Phi) is 5.40. The fraction of sp³-hybridized carbons (Fsp3) is 0.200. The first-order valence-electron chi connectivity index (χ1n) is 9.11. The topological polar surface area (TPSA) is 83.9 Å². The van der Waals surface area contributed by atoms with Gasteiger partial charge in [-0.1, -0.05) is 29.5 Å². The summed E-state index contributed by atoms with van der Waals surface area (Å²) in [6.07, 6.45) is 0.0493. The lowest BCUT2D eigenvalue weighted by Crippen LogP contribution is -2.38. The second-order valence-corrected chi connectivity index (χ2v) is 7.44. The van der Waals surface area contributed by atoms with Crippen LogP contribution in [0, 0.1) is 11.6 Å². The van der Waals surface area contributed by atoms with Gasteiger partial charge in [-0.15, -0.1) is 0 Å². The molecule has 1 unspecified atom stereocenters. The molecule has 1 amide bonds. The average Bonchev–Trinajstić information content (AvgIpc) is 3.33. The number of anilines is 2. The molecule has 4 rings (SSSR count). The number of nitrogens with zero attached hydrogens (tertiary/aromatic N) is 3. The van der Waals surface area contributed by atoms with Crippen LogP contribution in [0.4, 0.5) is 19.6 Å². The molecule has 0 aliphatic carbocycles. The van der Waals surface area contributed by atoms with Gasteiger partial charge in [0.2, 0.25) is 0 Å². The van der Waals surface area contributed by atoms with E-state index in [0.717, 1.165) is 23.5 Å². The number of thiazole rings is 1. The van der Waals surface area contributed by atoms with Gasteiger partial charge in [0.25, 0.3) is 5.91 Å². The predicted octanol–water partition coefficient (Wildman–Crippen LogP) is 3.71. The summed E-state index contributed by atoms with van der Waals surface area (Å²) in [5, 5.41) is 8.59. The maximum atomic E-state index is 13.4. The smallest absolute Gasteiger partial charge is 0.354 e. The van der Waals surface area contributed by atoms with Gasteiger partial charge in [0.05, 0.1) is 22.5 Å². The Hall–Kier alpha value is -3.40. The fourth-order valence-corrected chi connectivity index (χ4v) is 3.91. The zero-order valence-corrected chi connectivity index (χ0v) is 16.6. The minimum Gasteiger partial charge on any atom is -0.461 e. The maximum Gasteiger partial charge on any atom is 0.354 e. The van der Waals surface area contributed by atoms with Crippen LogP contribution >= 0.6 is 11.3 Å². The molecule has 0 spiro atoms. The highest BCUT2D eigenvalue weighted by Gasteiger charge is 2.37. The SMILES string of the molecule is CCOC(=O)C1=NN(c2ccccc2)C(C(=O)Nc2nc3cc(F)c(F)cc3s2)C1. The highest BCUT2D eigenvalue weighted by atomic mass is 32.1. The number of ether oxygens (including phenoxy) is 1. The average molecular weight is 430 g/mol. The lowest BCUT2D eigenvalue weighted by atomic mass is 10.1. The summed E-state index contributed by atoms with van der Waals surface area (Å²) in [5.74, 6) is -3.03. The van der Waals surface area contributed by atoms with Gasteiger partial charge < -0.3 is 10.1 Å². The van der Waals surface area contributed by atoms with Gasteiger partial charge in [0, 0.05) is 12.5 Å². The molecule has 0 fully saturated rings. The fourth-order valence-electron chi connectivity index (χ4n) is 3.04. The van der Waals surface area contributed by atoms with Gasteiger partial charge in [-0.05, 0) is 25.1 Å². The lowest BCUT2D eigenvalue weighted by molar-refractivity contribution is -0.135. The molecule has 1 aromatic heterocycles. The highest BCUT2D eigenvalue weighted by Crippen LogP contribution is 2.30. The molecule has 1 aliphatic rings. The van der Waals surface area contributed by atoms with Crippen LogP contribution in [-0.4, -0.2) is 35.2 Å². The van der Waals surface area contributed by atoms with Crippen molar-refractivity contribution in [3.05, 3.63) is 54.1 Å². The van der Waals surface area contributed by atoms with Gasteiger partial charge >= 0.3 is 5.97 Å². The van der Waals surface area contributed by atoms with E-state index in [-0.39, 0.29) is 29.4 Å². The second-order valence-electron chi connectivity index (χ2n) is 6.41. The van der Waals surface area contributed by atoms with Crippen LogP contribution in [-0.2, 0) is 14.3 Å². The summed E-state index contributed by atoms with van der Waals surface area (Å²) >= 11 is 1.02. The third kappa shape index (κ3) is 3.86. The molecule has 2 heterocycles. The number of halogens is 2. The van der Waals surface area contributed by atoms with Crippen LogP contribution in [0.5, 0.6) is 0 Å². The number of carbonyl (C=O) groups excluding carboxylic acids is 2. The van der Waals surface area contributed by atoms with E-state index in [1.807, 2.05) is 6.07 Å². The van der Waals surface area contributed by atoms with E-state index < -0.39 is 29.6 Å². The first kappa shape index (κ1) is 19.9. The van der Waals surface area contributed by atoms with Crippen molar-refractivity contribution in [2.24, 2.45) is 5.10 Å². The number of nitrogens with one attached hydrogen (secondary N) is 1. The van der Waals surface area contributed by atoms with Crippen LogP contribution in [0.25, 0.3) is 10.2 Å². The minimum atomic E-state index is -1.01. The van der Waals surface area contributed by atoms with Crippen molar-refractivity contribution in [1.82, 2.24) is 4.98 Å². The Morgan fingerprint density at radius 1 is 1.23 bits per heavy atom. The van der Waals surface area contributed by atoms with Crippen LogP contribution < -0.4 is 10.3 Å². The third-order valence-corrected chi connectivity index (χ3v) is 5.34. The number of carbonyl (C=O) groups is 2. The molecule has 1 aliphatic heterocycles. The normalized spacial score (nSPS) is 15.9. The molecule has 1 atom stereocenters. The van der Waals surface area contributed by atoms with Gasteiger partial charge in [-0.25, -0.2) is 18.6 Å². The molecule has 0 bridgehead atoms. The molecule has 154 valence electrons. The van der Waals surface area contributed by atoms with Gasteiger partial charge in [0.1, 0.15) is 11.8 Å². The van der Waals surface area contributed by atoms with Crippen molar-refractivity contribution in [2.75, 3.05) is 16.9 Å². The summed E-state index contributed by atoms with van der Waals surface area (Å²) in [6, 6.07) is 10.1. The van der Waals surface area contributed by atoms with E-state index in [2.05, 4.69) is 15.4 Å². The van der Waals surface area contributed by atoms with Crippen molar-refractivity contribution < 1.29 is 23.1 Å². The molecule has 7 nitrogen and oxygen atoms in total. The predicted molar refractivity (Wildman–Crippen MR) is 110 cm³/mol. The van der Waals surface area contributed by atoms with Gasteiger partial charge in [-0.3, -0.25) is 9.80 Å². The molecule has 1 N–H and O–H groups in total. The standard InChI is InChI=1S/C20H16F2N4O3S/c1-2-29-19(28)15-10-16(26(25-15)11-6-4-3-5-7-11)18(27)24-20-23-14-8-12(21)13(22)9-17(14)30-20/h3-9,16H,2,10H2,1H3,(H,23,24,27). The van der Waals surface area contributed by atoms with E-state index in [1.54, 1.807) is 31.2 Å². The summed E-state index contributed by atoms with van der Waals surface area (Å²) in [4.78, 5) is 29.3. The molecule has 3 aromatic rings. The molecule has 0 radical (unpaired) electrons. The largest absolute Gasteiger partial charge is 0.461 e. The maximum absolute atomic E-state index is 13.4. The molecule has 30 heavy (non-hydrogen) atoms. The van der Waals surface area contributed by atoms with Crippen molar-refractivity contribution in [1.29, 1.82) is 0 Å². The number of rotatable bonds is 5. The summed E-state index contributed by atoms with van der Waals surface area (Å²) < 4.78 is 32.3. The number of hydrogen-bond donors (Lipinski definition) is 1. The van der Waals surface area contributed by atoms with E-state index in [9.17, 15) is 18.4 Å². The van der Waals surface area contributed by atoms with Crippen molar-refractivity contribution in [3.63, 3.8) is 0 Å². The number of aromatic nitrogens is 1. The number of esters is 1. The van der Waals surface area contributed by atoms with Crippen molar-refractivity contribution in [3.8, 4) is 0 Å². The zero-order valence-electron chi connectivity index (χ0n) is 15.8. The Bertz CT molecular complexity index is 1110. The Morgan fingerprint density at radius 2 is 1.97 bits per heavy atom. The van der Waals surface area contributed by atoms with E-state index >= 15 is 0 Å². The van der Waals surface area contributed by atoms with Crippen LogP contribution in [0.1, 0.15) is 13.3 Å². The molecule has 0 saturated heterocycles. The highest BCUT2D eigenvalue weighted by molar-refractivity contribution is 7.22. The third-order valence-electron chi connectivity index (χ3n) is 4.41. The summed E-state index contributed by atoms with van der Waals surface area (Å²) in [5.41, 5.74) is 1.00. The molecule has 10 heteroatoms. The lowest BCUT2D eigenvalue weighted by Gasteiger charge is -2.22. The Balaban J connectivity index is 1.59. The van der Waals surface area contributed by atoms with E-state index in [1.165, 1.54) is 5.01 Å². The number of fused-ring (bicyclic) bond motifs is 1. The van der Waals surface area contributed by atoms with Gasteiger partial charge in [-0.2, -0.15) is 5.10 Å². The quantitative estimate of drug-likeness (QED) is 0.624. The number of amides is 1. The van der Waals surface area contributed by atoms with Crippen LogP contribution in [0.15, 0.2) is 47.6 Å². The van der Waals surface area contributed by atoms with Gasteiger partial charge in [0.15, 0.2) is 16.8 Å². The number of para-hydroxylation sites is 1. The van der Waals surface area contributed by atoms with E-state index in [4.69, 9.17) is 4.74 Å². The van der Waals surface area contributed by atoms with Crippen LogP contribution in [0.3, 0.4) is 0 Å². The van der Waals surface area contributed by atoms with E-state index in [0.29, 0.717) is 10.4 Å². The van der Waals surface area contributed by atoms with Crippen molar-refractivity contribution >= 4 is 50.0 Å². The molecule has 0 saturated carbocycles.